The highest BCUT2D eigenvalue weighted by atomic mass is 35.5. The average Bonchev–Trinajstić information content (AvgIpc) is 3.15. The van der Waals surface area contributed by atoms with E-state index in [1.165, 1.54) is 22.8 Å². The number of rotatable bonds is 1. The molecule has 2 heteroatoms. The van der Waals surface area contributed by atoms with Gasteiger partial charge in [-0.05, 0) is 41.5 Å². The van der Waals surface area contributed by atoms with Crippen molar-refractivity contribution in [3.63, 3.8) is 0 Å². The fourth-order valence-electron chi connectivity index (χ4n) is 4.06. The minimum atomic E-state index is -0.597. The fourth-order valence-corrected chi connectivity index (χ4v) is 4.99. The average molecular weight is 291 g/mol. The molecule has 2 unspecified atom stereocenters. The summed E-state index contributed by atoms with van der Waals surface area (Å²) in [4.78, 5) is 0. The van der Waals surface area contributed by atoms with Gasteiger partial charge in [0.15, 0.2) is 0 Å². The Hall–Kier alpha value is -0.720. The second-order valence-corrected chi connectivity index (χ2v) is 7.48. The molecule has 0 radical (unpaired) electrons. The van der Waals surface area contributed by atoms with Gasteiger partial charge in [0.05, 0.1) is 0 Å². The van der Waals surface area contributed by atoms with Gasteiger partial charge in [0.1, 0.15) is 4.33 Å². The summed E-state index contributed by atoms with van der Waals surface area (Å²) in [5.41, 5.74) is 1.36. The molecule has 19 heavy (non-hydrogen) atoms. The third kappa shape index (κ3) is 1.53. The Labute approximate surface area is 123 Å². The van der Waals surface area contributed by atoms with Crippen molar-refractivity contribution in [1.82, 2.24) is 0 Å². The molecule has 0 bridgehead atoms. The molecule has 0 heterocycles. The number of benzene rings is 2. The van der Waals surface area contributed by atoms with Gasteiger partial charge < -0.3 is 0 Å². The van der Waals surface area contributed by atoms with E-state index in [0.717, 1.165) is 19.3 Å². The molecule has 0 spiro atoms. The molecule has 0 N–H and O–H groups in total. The molecule has 0 nitrogen and oxygen atoms in total. The van der Waals surface area contributed by atoms with Gasteiger partial charge >= 0.3 is 0 Å². The summed E-state index contributed by atoms with van der Waals surface area (Å²) < 4.78 is -0.597. The summed E-state index contributed by atoms with van der Waals surface area (Å²) in [5.74, 6) is 0.669. The molecule has 2 fully saturated rings. The van der Waals surface area contributed by atoms with Crippen molar-refractivity contribution in [2.45, 2.75) is 35.4 Å². The van der Waals surface area contributed by atoms with Gasteiger partial charge in [-0.25, -0.2) is 0 Å². The highest BCUT2D eigenvalue weighted by molar-refractivity contribution is 6.49. The highest BCUT2D eigenvalue weighted by Gasteiger charge is 2.68. The quantitative estimate of drug-likeness (QED) is 0.612. The third-order valence-electron chi connectivity index (χ3n) is 5.07. The van der Waals surface area contributed by atoms with E-state index >= 15 is 0 Å². The molecule has 98 valence electrons. The van der Waals surface area contributed by atoms with Gasteiger partial charge in [-0.15, -0.1) is 23.2 Å². The lowest BCUT2D eigenvalue weighted by molar-refractivity contribution is 0.405. The van der Waals surface area contributed by atoms with Crippen molar-refractivity contribution in [2.75, 3.05) is 0 Å². The van der Waals surface area contributed by atoms with E-state index in [2.05, 4.69) is 42.5 Å². The van der Waals surface area contributed by atoms with Crippen molar-refractivity contribution in [3.05, 3.63) is 48.0 Å². The first-order valence-corrected chi connectivity index (χ1v) is 7.77. The van der Waals surface area contributed by atoms with Crippen LogP contribution in [-0.2, 0) is 5.41 Å². The van der Waals surface area contributed by atoms with Crippen LogP contribution in [-0.4, -0.2) is 4.33 Å². The van der Waals surface area contributed by atoms with Crippen LogP contribution in [0.4, 0.5) is 0 Å². The molecule has 4 rings (SSSR count). The van der Waals surface area contributed by atoms with Crippen LogP contribution in [0.15, 0.2) is 42.5 Å². The van der Waals surface area contributed by atoms with Crippen LogP contribution in [0.3, 0.4) is 0 Å². The summed E-state index contributed by atoms with van der Waals surface area (Å²) in [6.07, 6.45) is 4.48. The molecule has 0 saturated heterocycles. The molecular weight excluding hydrogens is 275 g/mol. The second-order valence-electron chi connectivity index (χ2n) is 6.00. The lowest BCUT2D eigenvalue weighted by atomic mass is 9.79. The van der Waals surface area contributed by atoms with E-state index in [9.17, 15) is 0 Å². The molecule has 2 aromatic carbocycles. The minimum Gasteiger partial charge on any atom is -0.101 e. The van der Waals surface area contributed by atoms with Crippen LogP contribution >= 0.6 is 23.2 Å². The molecule has 2 aliphatic rings. The smallest absolute Gasteiger partial charge is 0.101 e. The molecule has 2 aliphatic carbocycles. The third-order valence-corrected chi connectivity index (χ3v) is 6.12. The SMILES string of the molecule is ClC1(Cl)CCCC2CC21c1cccc2ccccc12. The predicted octanol–water partition coefficient (Wildman–Crippen LogP) is 5.46. The fraction of sp³-hybridized carbons (Fsp3) is 0.412. The Morgan fingerprint density at radius 3 is 2.63 bits per heavy atom. The van der Waals surface area contributed by atoms with Gasteiger partial charge in [0.25, 0.3) is 0 Å². The summed E-state index contributed by atoms with van der Waals surface area (Å²) >= 11 is 13.4. The van der Waals surface area contributed by atoms with Crippen molar-refractivity contribution in [1.29, 1.82) is 0 Å². The molecule has 2 atom stereocenters. The van der Waals surface area contributed by atoms with Gasteiger partial charge in [-0.1, -0.05) is 48.9 Å². The molecule has 0 amide bonds. The molecule has 2 saturated carbocycles. The Bertz CT molecular complexity index is 641. The van der Waals surface area contributed by atoms with E-state index in [-0.39, 0.29) is 5.41 Å². The monoisotopic (exact) mass is 290 g/mol. The Morgan fingerprint density at radius 2 is 1.79 bits per heavy atom. The lowest BCUT2D eigenvalue weighted by Crippen LogP contribution is -2.36. The maximum atomic E-state index is 6.72. The maximum absolute atomic E-state index is 6.72. The summed E-state index contributed by atoms with van der Waals surface area (Å²) in [5, 5.41) is 2.61. The van der Waals surface area contributed by atoms with Crippen LogP contribution in [0.1, 0.15) is 31.2 Å². The van der Waals surface area contributed by atoms with Gasteiger partial charge in [0.2, 0.25) is 0 Å². The van der Waals surface area contributed by atoms with Crippen molar-refractivity contribution < 1.29 is 0 Å². The van der Waals surface area contributed by atoms with Crippen LogP contribution in [0.25, 0.3) is 10.8 Å². The summed E-state index contributed by atoms with van der Waals surface area (Å²) in [6, 6.07) is 15.1. The maximum Gasteiger partial charge on any atom is 0.128 e. The first-order chi connectivity index (χ1) is 9.15. The van der Waals surface area contributed by atoms with Crippen LogP contribution in [0.5, 0.6) is 0 Å². The van der Waals surface area contributed by atoms with E-state index in [1.807, 2.05) is 0 Å². The van der Waals surface area contributed by atoms with Crippen LogP contribution in [0.2, 0.25) is 0 Å². The first-order valence-electron chi connectivity index (χ1n) is 7.01. The van der Waals surface area contributed by atoms with Gasteiger partial charge in [-0.3, -0.25) is 0 Å². The van der Waals surface area contributed by atoms with Crippen LogP contribution in [0, 0.1) is 5.92 Å². The molecule has 2 aromatic rings. The largest absolute Gasteiger partial charge is 0.128 e. The molecule has 0 aromatic heterocycles. The number of alkyl halides is 2. The van der Waals surface area contributed by atoms with E-state index in [1.54, 1.807) is 0 Å². The van der Waals surface area contributed by atoms with Crippen LogP contribution < -0.4 is 0 Å². The topological polar surface area (TPSA) is 0 Å². The summed E-state index contributed by atoms with van der Waals surface area (Å²) in [7, 11) is 0. The minimum absolute atomic E-state index is 0.00474. The van der Waals surface area contributed by atoms with Gasteiger partial charge in [0, 0.05) is 5.41 Å². The van der Waals surface area contributed by atoms with E-state index in [0.29, 0.717) is 5.92 Å². The highest BCUT2D eigenvalue weighted by Crippen LogP contribution is 2.70. The van der Waals surface area contributed by atoms with Crippen molar-refractivity contribution >= 4 is 34.0 Å². The number of halogens is 2. The Balaban J connectivity index is 1.96. The zero-order valence-corrected chi connectivity index (χ0v) is 12.2. The van der Waals surface area contributed by atoms with E-state index < -0.39 is 4.33 Å². The Morgan fingerprint density at radius 1 is 1.00 bits per heavy atom. The Kier molecular flexibility index (Phi) is 2.47. The molecule has 0 aliphatic heterocycles. The lowest BCUT2D eigenvalue weighted by Gasteiger charge is -2.36. The van der Waals surface area contributed by atoms with Gasteiger partial charge in [-0.2, -0.15) is 0 Å². The number of hydrogen-bond acceptors (Lipinski definition) is 0. The first kappa shape index (κ1) is 12.1. The molecular formula is C17H16Cl2. The number of hydrogen-bond donors (Lipinski definition) is 0. The zero-order chi connectivity index (χ0) is 13.1. The normalized spacial score (nSPS) is 32.0. The second kappa shape index (κ2) is 3.90. The summed E-state index contributed by atoms with van der Waals surface area (Å²) in [6.45, 7) is 0. The standard InChI is InChI=1S/C17H16Cl2/c18-17(19)10-4-7-13-11-16(13,17)15-9-3-6-12-5-1-2-8-14(12)15/h1-3,5-6,8-9,13H,4,7,10-11H2. The van der Waals surface area contributed by atoms with Crippen molar-refractivity contribution in [3.8, 4) is 0 Å². The van der Waals surface area contributed by atoms with E-state index in [4.69, 9.17) is 23.2 Å². The predicted molar refractivity (Wildman–Crippen MR) is 82.0 cm³/mol. The zero-order valence-electron chi connectivity index (χ0n) is 10.7. The van der Waals surface area contributed by atoms with Crippen molar-refractivity contribution in [2.24, 2.45) is 5.92 Å². The number of fused-ring (bicyclic) bond motifs is 2.